The summed E-state index contributed by atoms with van der Waals surface area (Å²) in [6, 6.07) is 5.82. The summed E-state index contributed by atoms with van der Waals surface area (Å²) in [6.45, 7) is 4.00. The van der Waals surface area contributed by atoms with Crippen molar-refractivity contribution in [3.8, 4) is 0 Å². The van der Waals surface area contributed by atoms with Crippen molar-refractivity contribution in [2.24, 2.45) is 0 Å². The van der Waals surface area contributed by atoms with Crippen LogP contribution in [0.15, 0.2) is 22.7 Å². The standard InChI is InChI=1S/C12H15Br2NO/c1-8-3-4-10(7-11(8)14)12(16)15-9(2)5-6-13/h3-4,7,9H,5-6H2,1-2H3,(H,15,16). The summed E-state index contributed by atoms with van der Waals surface area (Å²) in [6.07, 6.45) is 0.929. The molecule has 1 aromatic carbocycles. The Morgan fingerprint density at radius 3 is 2.75 bits per heavy atom. The Kier molecular flexibility index (Phi) is 5.49. The van der Waals surface area contributed by atoms with Gasteiger partial charge in [0.05, 0.1) is 0 Å². The predicted molar refractivity (Wildman–Crippen MR) is 74.2 cm³/mol. The van der Waals surface area contributed by atoms with Crippen molar-refractivity contribution in [1.82, 2.24) is 5.32 Å². The van der Waals surface area contributed by atoms with Crippen LogP contribution in [0.2, 0.25) is 0 Å². The van der Waals surface area contributed by atoms with Gasteiger partial charge in [-0.1, -0.05) is 37.9 Å². The maximum atomic E-state index is 11.8. The highest BCUT2D eigenvalue weighted by atomic mass is 79.9. The molecule has 1 atom stereocenters. The third kappa shape index (κ3) is 3.91. The second-order valence-electron chi connectivity index (χ2n) is 3.82. The summed E-state index contributed by atoms with van der Waals surface area (Å²) in [4.78, 5) is 11.8. The van der Waals surface area contributed by atoms with E-state index >= 15 is 0 Å². The number of aryl methyl sites for hydroxylation is 1. The van der Waals surface area contributed by atoms with Crippen LogP contribution in [0.5, 0.6) is 0 Å². The minimum atomic E-state index is -0.0193. The molecule has 88 valence electrons. The Labute approximate surface area is 113 Å². The third-order valence-electron chi connectivity index (χ3n) is 2.35. The lowest BCUT2D eigenvalue weighted by Gasteiger charge is -2.12. The molecule has 1 rings (SSSR count). The molecule has 0 aliphatic rings. The number of carbonyl (C=O) groups is 1. The zero-order valence-electron chi connectivity index (χ0n) is 9.39. The summed E-state index contributed by atoms with van der Waals surface area (Å²) in [5, 5.41) is 3.85. The van der Waals surface area contributed by atoms with Crippen LogP contribution >= 0.6 is 31.9 Å². The number of amides is 1. The lowest BCUT2D eigenvalue weighted by molar-refractivity contribution is 0.0939. The average molecular weight is 349 g/mol. The fraction of sp³-hybridized carbons (Fsp3) is 0.417. The van der Waals surface area contributed by atoms with Crippen molar-refractivity contribution in [3.05, 3.63) is 33.8 Å². The fourth-order valence-corrected chi connectivity index (χ4v) is 2.34. The molecule has 16 heavy (non-hydrogen) atoms. The van der Waals surface area contributed by atoms with Crippen LogP contribution in [0.1, 0.15) is 29.3 Å². The molecule has 0 aromatic heterocycles. The second kappa shape index (κ2) is 6.40. The van der Waals surface area contributed by atoms with Crippen LogP contribution in [0.3, 0.4) is 0 Å². The van der Waals surface area contributed by atoms with Crippen LogP contribution < -0.4 is 5.32 Å². The van der Waals surface area contributed by atoms with E-state index in [9.17, 15) is 4.79 Å². The average Bonchev–Trinajstić information content (AvgIpc) is 2.22. The first-order chi connectivity index (χ1) is 7.54. The fourth-order valence-electron chi connectivity index (χ4n) is 1.28. The molecule has 1 aromatic rings. The van der Waals surface area contributed by atoms with Gasteiger partial charge >= 0.3 is 0 Å². The highest BCUT2D eigenvalue weighted by molar-refractivity contribution is 9.10. The van der Waals surface area contributed by atoms with Gasteiger partial charge in [0.1, 0.15) is 0 Å². The minimum absolute atomic E-state index is 0.0193. The number of nitrogens with one attached hydrogen (secondary N) is 1. The van der Waals surface area contributed by atoms with Gasteiger partial charge in [-0.15, -0.1) is 0 Å². The molecule has 2 nitrogen and oxygen atoms in total. The Bertz CT molecular complexity index is 379. The van der Waals surface area contributed by atoms with Gasteiger partial charge in [-0.3, -0.25) is 4.79 Å². The molecule has 1 N–H and O–H groups in total. The van der Waals surface area contributed by atoms with Gasteiger partial charge in [0, 0.05) is 21.4 Å². The molecule has 0 bridgehead atoms. The van der Waals surface area contributed by atoms with Crippen LogP contribution in [0.25, 0.3) is 0 Å². The smallest absolute Gasteiger partial charge is 0.251 e. The van der Waals surface area contributed by atoms with Crippen molar-refractivity contribution in [2.75, 3.05) is 5.33 Å². The molecule has 0 heterocycles. The number of carbonyl (C=O) groups excluding carboxylic acids is 1. The molecule has 0 saturated heterocycles. The van der Waals surface area contributed by atoms with Gasteiger partial charge in [-0.2, -0.15) is 0 Å². The van der Waals surface area contributed by atoms with Crippen molar-refractivity contribution in [2.45, 2.75) is 26.3 Å². The molecule has 0 aliphatic carbocycles. The number of rotatable bonds is 4. The van der Waals surface area contributed by atoms with Crippen molar-refractivity contribution in [1.29, 1.82) is 0 Å². The Morgan fingerprint density at radius 2 is 2.19 bits per heavy atom. The van der Waals surface area contributed by atoms with Crippen molar-refractivity contribution < 1.29 is 4.79 Å². The SMILES string of the molecule is Cc1ccc(C(=O)NC(C)CCBr)cc1Br. The summed E-state index contributed by atoms with van der Waals surface area (Å²) in [7, 11) is 0. The number of alkyl halides is 1. The number of halogens is 2. The molecule has 0 radical (unpaired) electrons. The molecular weight excluding hydrogens is 334 g/mol. The molecule has 0 fully saturated rings. The zero-order chi connectivity index (χ0) is 12.1. The molecular formula is C12H15Br2NO. The maximum Gasteiger partial charge on any atom is 0.251 e. The molecule has 1 amide bonds. The van der Waals surface area contributed by atoms with Gasteiger partial charge in [-0.05, 0) is 38.0 Å². The third-order valence-corrected chi connectivity index (χ3v) is 3.67. The maximum absolute atomic E-state index is 11.8. The lowest BCUT2D eigenvalue weighted by atomic mass is 10.1. The molecule has 0 aliphatic heterocycles. The summed E-state index contributed by atoms with van der Waals surface area (Å²) in [5.41, 5.74) is 1.82. The molecule has 0 spiro atoms. The van der Waals surface area contributed by atoms with Crippen LogP contribution in [0, 0.1) is 6.92 Å². The van der Waals surface area contributed by atoms with E-state index in [4.69, 9.17) is 0 Å². The van der Waals surface area contributed by atoms with Crippen LogP contribution in [-0.4, -0.2) is 17.3 Å². The number of hydrogen-bond acceptors (Lipinski definition) is 1. The van der Waals surface area contributed by atoms with E-state index in [1.165, 1.54) is 0 Å². The van der Waals surface area contributed by atoms with E-state index < -0.39 is 0 Å². The highest BCUT2D eigenvalue weighted by Crippen LogP contribution is 2.17. The zero-order valence-corrected chi connectivity index (χ0v) is 12.6. The quantitative estimate of drug-likeness (QED) is 0.826. The molecule has 0 saturated carbocycles. The van der Waals surface area contributed by atoms with E-state index in [0.717, 1.165) is 21.8 Å². The molecule has 1 unspecified atom stereocenters. The molecule has 4 heteroatoms. The van der Waals surface area contributed by atoms with Gasteiger partial charge in [-0.25, -0.2) is 0 Å². The van der Waals surface area contributed by atoms with E-state index in [2.05, 4.69) is 37.2 Å². The number of benzene rings is 1. The first-order valence-electron chi connectivity index (χ1n) is 5.17. The topological polar surface area (TPSA) is 29.1 Å². The monoisotopic (exact) mass is 347 g/mol. The first-order valence-corrected chi connectivity index (χ1v) is 7.09. The predicted octanol–water partition coefficient (Wildman–Crippen LogP) is 3.66. The normalized spacial score (nSPS) is 12.2. The minimum Gasteiger partial charge on any atom is -0.350 e. The lowest BCUT2D eigenvalue weighted by Crippen LogP contribution is -2.32. The largest absolute Gasteiger partial charge is 0.350 e. The van der Waals surface area contributed by atoms with Crippen molar-refractivity contribution in [3.63, 3.8) is 0 Å². The summed E-state index contributed by atoms with van der Waals surface area (Å²) in [5.74, 6) is -0.0193. The summed E-state index contributed by atoms with van der Waals surface area (Å²) < 4.78 is 0.966. The van der Waals surface area contributed by atoms with Crippen LogP contribution in [-0.2, 0) is 0 Å². The first kappa shape index (κ1) is 13.7. The van der Waals surface area contributed by atoms with E-state index in [1.54, 1.807) is 0 Å². The Balaban J connectivity index is 2.69. The van der Waals surface area contributed by atoms with Crippen molar-refractivity contribution >= 4 is 37.8 Å². The van der Waals surface area contributed by atoms with Crippen LogP contribution in [0.4, 0.5) is 0 Å². The summed E-state index contributed by atoms with van der Waals surface area (Å²) >= 11 is 6.78. The second-order valence-corrected chi connectivity index (χ2v) is 5.46. The highest BCUT2D eigenvalue weighted by Gasteiger charge is 2.09. The van der Waals surface area contributed by atoms with E-state index in [1.807, 2.05) is 32.0 Å². The number of hydrogen-bond donors (Lipinski definition) is 1. The van der Waals surface area contributed by atoms with E-state index in [0.29, 0.717) is 5.56 Å². The van der Waals surface area contributed by atoms with Gasteiger partial charge in [0.15, 0.2) is 0 Å². The Hall–Kier alpha value is -0.350. The Morgan fingerprint density at radius 1 is 1.50 bits per heavy atom. The van der Waals surface area contributed by atoms with E-state index in [-0.39, 0.29) is 11.9 Å². The van der Waals surface area contributed by atoms with Gasteiger partial charge in [0.25, 0.3) is 5.91 Å². The van der Waals surface area contributed by atoms with Gasteiger partial charge in [0.2, 0.25) is 0 Å². The van der Waals surface area contributed by atoms with Gasteiger partial charge < -0.3 is 5.32 Å².